The second-order valence-corrected chi connectivity index (χ2v) is 5.79. The first-order chi connectivity index (χ1) is 9.47. The quantitative estimate of drug-likeness (QED) is 0.742. The molecule has 3 nitrogen and oxygen atoms in total. The lowest BCUT2D eigenvalue weighted by molar-refractivity contribution is 0.101. The van der Waals surface area contributed by atoms with Gasteiger partial charge in [-0.1, -0.05) is 29.8 Å². The van der Waals surface area contributed by atoms with Crippen molar-refractivity contribution in [2.24, 2.45) is 0 Å². The third-order valence-corrected chi connectivity index (χ3v) is 3.41. The molecular formula is C16H16BrNO2. The summed E-state index contributed by atoms with van der Waals surface area (Å²) >= 11 is 3.47. The molecule has 1 aromatic carbocycles. The van der Waals surface area contributed by atoms with Crippen LogP contribution in [0.1, 0.15) is 42.7 Å². The van der Waals surface area contributed by atoms with E-state index in [0.29, 0.717) is 17.4 Å². The number of Topliss-reactive ketones (excluding diaryl/α,β-unsaturated/α-hetero) is 1. The number of hydrogen-bond acceptors (Lipinski definition) is 3. The van der Waals surface area contributed by atoms with Crippen LogP contribution in [0, 0.1) is 0 Å². The highest BCUT2D eigenvalue weighted by atomic mass is 79.9. The van der Waals surface area contributed by atoms with Crippen LogP contribution in [0.5, 0.6) is 11.5 Å². The standard InChI is InChI=1S/C16H16BrNO2/c1-10(2)14-8-12(17)4-7-16(14)20-13-5-6-15(11(3)19)18-9-13/h4-10H,1-3H3. The van der Waals surface area contributed by atoms with Gasteiger partial charge in [-0.05, 0) is 41.8 Å². The first-order valence-corrected chi connectivity index (χ1v) is 7.21. The summed E-state index contributed by atoms with van der Waals surface area (Å²) in [6.07, 6.45) is 1.57. The van der Waals surface area contributed by atoms with Crippen molar-refractivity contribution in [3.63, 3.8) is 0 Å². The Bertz CT molecular complexity index is 621. The van der Waals surface area contributed by atoms with E-state index in [9.17, 15) is 4.79 Å². The Kier molecular flexibility index (Phi) is 4.55. The van der Waals surface area contributed by atoms with Crippen molar-refractivity contribution in [1.82, 2.24) is 4.98 Å². The normalized spacial score (nSPS) is 10.7. The molecule has 0 amide bonds. The van der Waals surface area contributed by atoms with E-state index in [2.05, 4.69) is 40.8 Å². The topological polar surface area (TPSA) is 39.2 Å². The van der Waals surface area contributed by atoms with E-state index >= 15 is 0 Å². The van der Waals surface area contributed by atoms with Gasteiger partial charge in [-0.2, -0.15) is 0 Å². The molecule has 0 aliphatic carbocycles. The van der Waals surface area contributed by atoms with Gasteiger partial charge in [-0.3, -0.25) is 4.79 Å². The average Bonchev–Trinajstić information content (AvgIpc) is 2.41. The number of aromatic nitrogens is 1. The second-order valence-electron chi connectivity index (χ2n) is 4.87. The van der Waals surface area contributed by atoms with E-state index < -0.39 is 0 Å². The molecular weight excluding hydrogens is 318 g/mol. The Morgan fingerprint density at radius 1 is 1.25 bits per heavy atom. The van der Waals surface area contributed by atoms with Gasteiger partial charge in [-0.15, -0.1) is 0 Å². The second kappa shape index (κ2) is 6.18. The summed E-state index contributed by atoms with van der Waals surface area (Å²) in [6, 6.07) is 9.36. The number of hydrogen-bond donors (Lipinski definition) is 0. The fourth-order valence-electron chi connectivity index (χ4n) is 1.84. The summed E-state index contributed by atoms with van der Waals surface area (Å²) in [5.41, 5.74) is 1.56. The van der Waals surface area contributed by atoms with E-state index in [-0.39, 0.29) is 5.78 Å². The maximum absolute atomic E-state index is 11.2. The summed E-state index contributed by atoms with van der Waals surface area (Å²) in [4.78, 5) is 15.3. The van der Waals surface area contributed by atoms with Gasteiger partial charge in [0.05, 0.1) is 6.20 Å². The van der Waals surface area contributed by atoms with Crippen molar-refractivity contribution in [2.75, 3.05) is 0 Å². The number of rotatable bonds is 4. The first kappa shape index (κ1) is 14.7. The molecule has 1 heterocycles. The Morgan fingerprint density at radius 2 is 2.00 bits per heavy atom. The minimum atomic E-state index is -0.0527. The smallest absolute Gasteiger partial charge is 0.178 e. The number of carbonyl (C=O) groups is 1. The lowest BCUT2D eigenvalue weighted by Gasteiger charge is -2.14. The summed E-state index contributed by atoms with van der Waals surface area (Å²) in [6.45, 7) is 5.73. The Labute approximate surface area is 127 Å². The van der Waals surface area contributed by atoms with Crippen molar-refractivity contribution >= 4 is 21.7 Å². The zero-order valence-electron chi connectivity index (χ0n) is 11.7. The van der Waals surface area contributed by atoms with Crippen molar-refractivity contribution in [1.29, 1.82) is 0 Å². The fraction of sp³-hybridized carbons (Fsp3) is 0.250. The summed E-state index contributed by atoms with van der Waals surface area (Å²) < 4.78 is 6.89. The van der Waals surface area contributed by atoms with Gasteiger partial charge in [0.25, 0.3) is 0 Å². The summed E-state index contributed by atoms with van der Waals surface area (Å²) in [7, 11) is 0. The molecule has 0 N–H and O–H groups in total. The molecule has 0 atom stereocenters. The van der Waals surface area contributed by atoms with Crippen LogP contribution in [-0.2, 0) is 0 Å². The van der Waals surface area contributed by atoms with Gasteiger partial charge < -0.3 is 4.74 Å². The van der Waals surface area contributed by atoms with Gasteiger partial charge >= 0.3 is 0 Å². The number of ketones is 1. The predicted molar refractivity (Wildman–Crippen MR) is 82.5 cm³/mol. The number of carbonyl (C=O) groups excluding carboxylic acids is 1. The van der Waals surface area contributed by atoms with Crippen LogP contribution in [0.15, 0.2) is 41.0 Å². The average molecular weight is 334 g/mol. The molecule has 0 unspecified atom stereocenters. The van der Waals surface area contributed by atoms with Crippen molar-refractivity contribution in [3.8, 4) is 11.5 Å². The highest BCUT2D eigenvalue weighted by Gasteiger charge is 2.10. The fourth-order valence-corrected chi connectivity index (χ4v) is 2.22. The van der Waals surface area contributed by atoms with Crippen LogP contribution in [0.25, 0.3) is 0 Å². The van der Waals surface area contributed by atoms with Gasteiger partial charge in [-0.25, -0.2) is 4.98 Å². The Hall–Kier alpha value is -1.68. The van der Waals surface area contributed by atoms with Crippen LogP contribution < -0.4 is 4.74 Å². The molecule has 0 saturated heterocycles. The third kappa shape index (κ3) is 3.45. The number of benzene rings is 1. The number of halogens is 1. The summed E-state index contributed by atoms with van der Waals surface area (Å²) in [5.74, 6) is 1.73. The van der Waals surface area contributed by atoms with E-state index in [4.69, 9.17) is 4.74 Å². The zero-order valence-corrected chi connectivity index (χ0v) is 13.3. The van der Waals surface area contributed by atoms with E-state index in [1.54, 1.807) is 18.3 Å². The molecule has 20 heavy (non-hydrogen) atoms. The molecule has 4 heteroatoms. The van der Waals surface area contributed by atoms with Crippen LogP contribution in [0.3, 0.4) is 0 Å². The maximum atomic E-state index is 11.2. The number of nitrogens with zero attached hydrogens (tertiary/aromatic N) is 1. The van der Waals surface area contributed by atoms with Crippen LogP contribution in [0.4, 0.5) is 0 Å². The third-order valence-electron chi connectivity index (χ3n) is 2.92. The van der Waals surface area contributed by atoms with Crippen LogP contribution in [-0.4, -0.2) is 10.8 Å². The molecule has 0 aliphatic heterocycles. The number of pyridine rings is 1. The van der Waals surface area contributed by atoms with Crippen molar-refractivity contribution in [3.05, 3.63) is 52.3 Å². The largest absolute Gasteiger partial charge is 0.455 e. The molecule has 0 bridgehead atoms. The van der Waals surface area contributed by atoms with Crippen molar-refractivity contribution < 1.29 is 9.53 Å². The maximum Gasteiger partial charge on any atom is 0.178 e. The zero-order chi connectivity index (χ0) is 14.7. The van der Waals surface area contributed by atoms with Crippen LogP contribution >= 0.6 is 15.9 Å². The lowest BCUT2D eigenvalue weighted by atomic mass is 10.0. The minimum Gasteiger partial charge on any atom is -0.455 e. The molecule has 2 rings (SSSR count). The van der Waals surface area contributed by atoms with Crippen LogP contribution in [0.2, 0.25) is 0 Å². The van der Waals surface area contributed by atoms with E-state index in [1.807, 2.05) is 12.1 Å². The van der Waals surface area contributed by atoms with Gasteiger partial charge in [0.1, 0.15) is 17.2 Å². The molecule has 2 aromatic rings. The molecule has 104 valence electrons. The SMILES string of the molecule is CC(=O)c1ccc(Oc2ccc(Br)cc2C(C)C)cn1. The lowest BCUT2D eigenvalue weighted by Crippen LogP contribution is -1.97. The van der Waals surface area contributed by atoms with Crippen molar-refractivity contribution in [2.45, 2.75) is 26.7 Å². The highest BCUT2D eigenvalue weighted by Crippen LogP contribution is 2.32. The van der Waals surface area contributed by atoms with Gasteiger partial charge in [0, 0.05) is 11.4 Å². The molecule has 1 aromatic heterocycles. The summed E-state index contributed by atoms with van der Waals surface area (Å²) in [5, 5.41) is 0. The molecule has 0 aliphatic rings. The molecule has 0 spiro atoms. The van der Waals surface area contributed by atoms with E-state index in [0.717, 1.165) is 15.8 Å². The van der Waals surface area contributed by atoms with Gasteiger partial charge in [0.15, 0.2) is 5.78 Å². The monoisotopic (exact) mass is 333 g/mol. The Morgan fingerprint density at radius 3 is 2.55 bits per heavy atom. The first-order valence-electron chi connectivity index (χ1n) is 6.41. The molecule has 0 saturated carbocycles. The molecule has 0 radical (unpaired) electrons. The Balaban J connectivity index is 2.27. The van der Waals surface area contributed by atoms with E-state index in [1.165, 1.54) is 6.92 Å². The highest BCUT2D eigenvalue weighted by molar-refractivity contribution is 9.10. The minimum absolute atomic E-state index is 0.0527. The predicted octanol–water partition coefficient (Wildman–Crippen LogP) is 4.96. The van der Waals surface area contributed by atoms with Gasteiger partial charge in [0.2, 0.25) is 0 Å². The number of ether oxygens (including phenoxy) is 1. The molecule has 0 fully saturated rings.